The number of Topliss-reactive ketones (excluding diaryl/α,β-unsaturated/α-hetero) is 2. The largest absolute Gasteiger partial charge is 0.454 e. The van der Waals surface area contributed by atoms with Gasteiger partial charge < -0.3 is 10.1 Å². The van der Waals surface area contributed by atoms with Crippen molar-refractivity contribution in [1.29, 1.82) is 0 Å². The van der Waals surface area contributed by atoms with Crippen LogP contribution in [0.3, 0.4) is 0 Å². The van der Waals surface area contributed by atoms with E-state index in [4.69, 9.17) is 16.3 Å². The van der Waals surface area contributed by atoms with E-state index in [2.05, 4.69) is 5.32 Å². The van der Waals surface area contributed by atoms with Crippen molar-refractivity contribution in [1.82, 2.24) is 0 Å². The summed E-state index contributed by atoms with van der Waals surface area (Å²) in [6, 6.07) is 12.7. The monoisotopic (exact) mass is 401 g/mol. The summed E-state index contributed by atoms with van der Waals surface area (Å²) in [4.78, 5) is 47.4. The number of rotatable bonds is 8. The lowest BCUT2D eigenvalue weighted by Crippen LogP contribution is -2.24. The molecule has 0 aliphatic carbocycles. The molecule has 2 aromatic rings. The molecule has 0 fully saturated rings. The van der Waals surface area contributed by atoms with Crippen LogP contribution in [0.5, 0.6) is 0 Å². The Balaban J connectivity index is 1.85. The number of nitrogens with one attached hydrogen (secondary N) is 1. The predicted molar refractivity (Wildman–Crippen MR) is 106 cm³/mol. The molecule has 1 amide bonds. The van der Waals surface area contributed by atoms with Crippen molar-refractivity contribution in [3.63, 3.8) is 0 Å². The summed E-state index contributed by atoms with van der Waals surface area (Å²) < 4.78 is 5.14. The van der Waals surface area contributed by atoms with Gasteiger partial charge in [0.15, 0.2) is 11.9 Å². The van der Waals surface area contributed by atoms with Crippen LogP contribution in [0.2, 0.25) is 5.02 Å². The van der Waals surface area contributed by atoms with Crippen LogP contribution >= 0.6 is 11.6 Å². The van der Waals surface area contributed by atoms with E-state index in [-0.39, 0.29) is 30.3 Å². The van der Waals surface area contributed by atoms with E-state index in [1.165, 1.54) is 13.8 Å². The highest BCUT2D eigenvalue weighted by atomic mass is 35.5. The van der Waals surface area contributed by atoms with Crippen LogP contribution < -0.4 is 5.32 Å². The summed E-state index contributed by atoms with van der Waals surface area (Å²) in [6.45, 7) is 2.86. The van der Waals surface area contributed by atoms with Gasteiger partial charge in [-0.1, -0.05) is 11.6 Å². The van der Waals surface area contributed by atoms with Crippen LogP contribution in [-0.2, 0) is 14.3 Å². The molecule has 146 valence electrons. The van der Waals surface area contributed by atoms with Crippen molar-refractivity contribution in [3.8, 4) is 0 Å². The molecule has 0 heterocycles. The molecule has 0 unspecified atom stereocenters. The molecule has 6 nitrogen and oxygen atoms in total. The molecule has 7 heteroatoms. The van der Waals surface area contributed by atoms with Crippen molar-refractivity contribution in [2.75, 3.05) is 5.32 Å². The van der Waals surface area contributed by atoms with Gasteiger partial charge in [0.2, 0.25) is 11.7 Å². The van der Waals surface area contributed by atoms with Crippen LogP contribution in [0.4, 0.5) is 5.69 Å². The molecule has 0 spiro atoms. The van der Waals surface area contributed by atoms with Crippen molar-refractivity contribution in [2.45, 2.75) is 32.8 Å². The van der Waals surface area contributed by atoms with Crippen LogP contribution in [0.1, 0.15) is 47.4 Å². The lowest BCUT2D eigenvalue weighted by molar-refractivity contribution is -0.146. The van der Waals surface area contributed by atoms with E-state index in [0.717, 1.165) is 0 Å². The van der Waals surface area contributed by atoms with Crippen molar-refractivity contribution in [2.24, 2.45) is 0 Å². The molecule has 28 heavy (non-hydrogen) atoms. The molecule has 2 rings (SSSR count). The summed E-state index contributed by atoms with van der Waals surface area (Å²) in [6.07, 6.45) is -1.13. The maximum absolute atomic E-state index is 12.4. The number of benzene rings is 2. The van der Waals surface area contributed by atoms with Crippen molar-refractivity contribution in [3.05, 3.63) is 64.7 Å². The first-order valence-electron chi connectivity index (χ1n) is 8.66. The SMILES string of the molecule is CC(=O)Nc1ccc(C(=O)[C@@H](C)OC(=O)CCC(=O)c2ccc(Cl)cc2)cc1. The van der Waals surface area contributed by atoms with Gasteiger partial charge in [-0.2, -0.15) is 0 Å². The fourth-order valence-corrected chi connectivity index (χ4v) is 2.59. The number of ether oxygens (including phenoxy) is 1. The number of halogens is 1. The van der Waals surface area contributed by atoms with E-state index in [0.29, 0.717) is 21.8 Å². The Morgan fingerprint density at radius 1 is 0.929 bits per heavy atom. The molecule has 0 saturated carbocycles. The number of esters is 1. The number of amides is 1. The van der Waals surface area contributed by atoms with E-state index in [1.54, 1.807) is 48.5 Å². The third-order valence-electron chi connectivity index (χ3n) is 3.89. The van der Waals surface area contributed by atoms with Gasteiger partial charge in [-0.25, -0.2) is 0 Å². The van der Waals surface area contributed by atoms with Gasteiger partial charge in [-0.15, -0.1) is 0 Å². The van der Waals surface area contributed by atoms with Gasteiger partial charge in [0.1, 0.15) is 0 Å². The van der Waals surface area contributed by atoms with E-state index in [1.807, 2.05) is 0 Å². The van der Waals surface area contributed by atoms with Gasteiger partial charge in [-0.05, 0) is 55.5 Å². The second kappa shape index (κ2) is 9.80. The topological polar surface area (TPSA) is 89.5 Å². The molecule has 0 aromatic heterocycles. The quantitative estimate of drug-likeness (QED) is 0.531. The number of hydrogen-bond donors (Lipinski definition) is 1. The average molecular weight is 402 g/mol. The van der Waals surface area contributed by atoms with Crippen LogP contribution in [0.25, 0.3) is 0 Å². The highest BCUT2D eigenvalue weighted by Gasteiger charge is 2.20. The van der Waals surface area contributed by atoms with Crippen molar-refractivity contribution < 1.29 is 23.9 Å². The molecule has 0 radical (unpaired) electrons. The summed E-state index contributed by atoms with van der Waals surface area (Å²) in [5.74, 6) is -1.42. The first-order valence-corrected chi connectivity index (χ1v) is 9.04. The third-order valence-corrected chi connectivity index (χ3v) is 4.14. The van der Waals surface area contributed by atoms with Crippen LogP contribution in [-0.4, -0.2) is 29.5 Å². The number of hydrogen-bond acceptors (Lipinski definition) is 5. The van der Waals surface area contributed by atoms with Gasteiger partial charge in [0.25, 0.3) is 0 Å². The Morgan fingerprint density at radius 3 is 2.07 bits per heavy atom. The van der Waals surface area contributed by atoms with E-state index in [9.17, 15) is 19.2 Å². The van der Waals surface area contributed by atoms with Gasteiger partial charge in [0.05, 0.1) is 6.42 Å². The standard InChI is InChI=1S/C21H20ClNO5/c1-13(21(27)16-5-9-18(10-6-16)23-14(2)24)28-20(26)12-11-19(25)15-3-7-17(22)8-4-15/h3-10,13H,11-12H2,1-2H3,(H,23,24)/t13-/m1/s1. The zero-order chi connectivity index (χ0) is 20.7. The predicted octanol–water partition coefficient (Wildman–Crippen LogP) is 4.08. The van der Waals surface area contributed by atoms with E-state index < -0.39 is 12.1 Å². The Labute approximate surface area is 167 Å². The fraction of sp³-hybridized carbons (Fsp3) is 0.238. The maximum atomic E-state index is 12.4. The summed E-state index contributed by atoms with van der Waals surface area (Å²) in [5.41, 5.74) is 1.38. The highest BCUT2D eigenvalue weighted by molar-refractivity contribution is 6.30. The fourth-order valence-electron chi connectivity index (χ4n) is 2.46. The normalized spacial score (nSPS) is 11.4. The van der Waals surface area contributed by atoms with Crippen LogP contribution in [0, 0.1) is 0 Å². The minimum Gasteiger partial charge on any atom is -0.454 e. The molecule has 0 saturated heterocycles. The average Bonchev–Trinajstić information content (AvgIpc) is 2.66. The molecule has 0 aliphatic heterocycles. The maximum Gasteiger partial charge on any atom is 0.306 e. The molecular weight excluding hydrogens is 382 g/mol. The molecular formula is C21H20ClNO5. The first kappa shape index (κ1) is 21.3. The molecule has 1 N–H and O–H groups in total. The lowest BCUT2D eigenvalue weighted by Gasteiger charge is -2.12. The Hall–Kier alpha value is -2.99. The van der Waals surface area contributed by atoms with E-state index >= 15 is 0 Å². The Morgan fingerprint density at radius 2 is 1.50 bits per heavy atom. The molecule has 0 aliphatic rings. The molecule has 2 aromatic carbocycles. The third kappa shape index (κ3) is 6.32. The van der Waals surface area contributed by atoms with Gasteiger partial charge in [0, 0.05) is 35.2 Å². The number of carbonyl (C=O) groups excluding carboxylic acids is 4. The summed E-state index contributed by atoms with van der Waals surface area (Å²) >= 11 is 5.78. The first-order chi connectivity index (χ1) is 13.3. The van der Waals surface area contributed by atoms with Crippen LogP contribution in [0.15, 0.2) is 48.5 Å². The number of anilines is 1. The Kier molecular flexibility index (Phi) is 7.46. The molecule has 0 bridgehead atoms. The zero-order valence-corrected chi connectivity index (χ0v) is 16.3. The minimum atomic E-state index is -0.982. The minimum absolute atomic E-state index is 0.0210. The second-order valence-electron chi connectivity index (χ2n) is 6.18. The van der Waals surface area contributed by atoms with Crippen molar-refractivity contribution >= 4 is 40.7 Å². The number of carbonyl (C=O) groups is 4. The zero-order valence-electron chi connectivity index (χ0n) is 15.5. The molecule has 1 atom stereocenters. The second-order valence-corrected chi connectivity index (χ2v) is 6.62. The summed E-state index contributed by atoms with van der Waals surface area (Å²) in [5, 5.41) is 3.12. The smallest absolute Gasteiger partial charge is 0.306 e. The lowest BCUT2D eigenvalue weighted by atomic mass is 10.1. The van der Waals surface area contributed by atoms with Gasteiger partial charge >= 0.3 is 5.97 Å². The Bertz CT molecular complexity index is 875. The number of ketones is 2. The summed E-state index contributed by atoms with van der Waals surface area (Å²) in [7, 11) is 0. The van der Waals surface area contributed by atoms with Gasteiger partial charge in [-0.3, -0.25) is 19.2 Å². The highest BCUT2D eigenvalue weighted by Crippen LogP contribution is 2.14.